The minimum absolute atomic E-state index is 0.0602. The van der Waals surface area contributed by atoms with Crippen LogP contribution in [0.3, 0.4) is 0 Å². The molecular weight excluding hydrogens is 376 g/mol. The van der Waals surface area contributed by atoms with Crippen molar-refractivity contribution in [2.75, 3.05) is 26.8 Å². The van der Waals surface area contributed by atoms with E-state index in [-0.39, 0.29) is 24.1 Å². The standard InChI is InChI=1S/C18H25ClN2O4S/c1-3-4-5-13-10-25-18(23)21(13)12-6-8-20(9-7-12)17(22)14-11-26-16(19)15(14)24-2/h11-13H,3-10H2,1-2H3. The van der Waals surface area contributed by atoms with Crippen LogP contribution in [0.1, 0.15) is 49.4 Å². The Morgan fingerprint density at radius 2 is 2.15 bits per heavy atom. The molecule has 0 spiro atoms. The van der Waals surface area contributed by atoms with Crippen molar-refractivity contribution < 1.29 is 19.1 Å². The van der Waals surface area contributed by atoms with Gasteiger partial charge in [-0.2, -0.15) is 0 Å². The van der Waals surface area contributed by atoms with E-state index in [9.17, 15) is 9.59 Å². The Kier molecular flexibility index (Phi) is 6.29. The second-order valence-corrected chi connectivity index (χ2v) is 8.24. The van der Waals surface area contributed by atoms with Gasteiger partial charge in [-0.1, -0.05) is 31.4 Å². The van der Waals surface area contributed by atoms with E-state index in [0.717, 1.165) is 32.1 Å². The van der Waals surface area contributed by atoms with Crippen molar-refractivity contribution in [1.29, 1.82) is 0 Å². The number of likely N-dealkylation sites (tertiary alicyclic amines) is 1. The lowest BCUT2D eigenvalue weighted by molar-refractivity contribution is 0.0631. The van der Waals surface area contributed by atoms with E-state index in [2.05, 4.69) is 6.92 Å². The van der Waals surface area contributed by atoms with Crippen molar-refractivity contribution in [3.8, 4) is 5.75 Å². The molecule has 0 aromatic carbocycles. The summed E-state index contributed by atoms with van der Waals surface area (Å²) in [5, 5.41) is 1.74. The summed E-state index contributed by atoms with van der Waals surface area (Å²) in [5.74, 6) is 0.390. The van der Waals surface area contributed by atoms with Crippen LogP contribution in [0.2, 0.25) is 4.34 Å². The zero-order chi connectivity index (χ0) is 18.7. The van der Waals surface area contributed by atoms with Crippen molar-refractivity contribution in [3.63, 3.8) is 0 Å². The van der Waals surface area contributed by atoms with Gasteiger partial charge in [-0.05, 0) is 19.3 Å². The van der Waals surface area contributed by atoms with Gasteiger partial charge in [-0.3, -0.25) is 9.69 Å². The number of carbonyl (C=O) groups excluding carboxylic acids is 2. The number of amides is 2. The molecule has 1 unspecified atom stereocenters. The molecule has 3 rings (SSSR count). The van der Waals surface area contributed by atoms with Gasteiger partial charge < -0.3 is 14.4 Å². The topological polar surface area (TPSA) is 59.1 Å². The van der Waals surface area contributed by atoms with Crippen LogP contribution >= 0.6 is 22.9 Å². The van der Waals surface area contributed by atoms with Gasteiger partial charge in [0.15, 0.2) is 5.75 Å². The summed E-state index contributed by atoms with van der Waals surface area (Å²) < 4.78 is 11.0. The van der Waals surface area contributed by atoms with Gasteiger partial charge in [-0.15, -0.1) is 11.3 Å². The molecule has 0 radical (unpaired) electrons. The Labute approximate surface area is 163 Å². The van der Waals surface area contributed by atoms with E-state index in [1.54, 1.807) is 5.38 Å². The van der Waals surface area contributed by atoms with Crippen molar-refractivity contribution in [2.45, 2.75) is 51.1 Å². The first-order chi connectivity index (χ1) is 12.6. The lowest BCUT2D eigenvalue weighted by atomic mass is 10.00. The van der Waals surface area contributed by atoms with E-state index in [0.29, 0.717) is 35.3 Å². The molecule has 2 aliphatic heterocycles. The molecule has 1 aromatic heterocycles. The summed E-state index contributed by atoms with van der Waals surface area (Å²) in [6.07, 6.45) is 4.51. The Morgan fingerprint density at radius 1 is 1.42 bits per heavy atom. The maximum Gasteiger partial charge on any atom is 0.410 e. The highest BCUT2D eigenvalue weighted by molar-refractivity contribution is 7.15. The molecule has 144 valence electrons. The molecule has 2 aliphatic rings. The zero-order valence-corrected chi connectivity index (χ0v) is 16.8. The van der Waals surface area contributed by atoms with E-state index < -0.39 is 0 Å². The highest BCUT2D eigenvalue weighted by atomic mass is 35.5. The van der Waals surface area contributed by atoms with E-state index >= 15 is 0 Å². The normalized spacial score (nSPS) is 21.2. The van der Waals surface area contributed by atoms with Crippen LogP contribution in [-0.2, 0) is 4.74 Å². The number of thiophene rings is 1. The fourth-order valence-electron chi connectivity index (χ4n) is 3.76. The largest absolute Gasteiger partial charge is 0.493 e. The Hall–Kier alpha value is -1.47. The minimum atomic E-state index is -0.206. The van der Waals surface area contributed by atoms with Gasteiger partial charge in [0.25, 0.3) is 5.91 Å². The number of halogens is 1. The molecule has 0 saturated carbocycles. The summed E-state index contributed by atoms with van der Waals surface area (Å²) in [5.41, 5.74) is 0.516. The third kappa shape index (κ3) is 3.78. The third-order valence-corrected chi connectivity index (χ3v) is 6.36. The lowest BCUT2D eigenvalue weighted by Gasteiger charge is -2.37. The number of ether oxygens (including phenoxy) is 2. The van der Waals surface area contributed by atoms with Gasteiger partial charge in [0.2, 0.25) is 0 Å². The average molecular weight is 401 g/mol. The summed E-state index contributed by atoms with van der Waals surface area (Å²) in [6, 6.07) is 0.314. The predicted molar refractivity (Wildman–Crippen MR) is 101 cm³/mol. The summed E-state index contributed by atoms with van der Waals surface area (Å²) in [7, 11) is 1.52. The highest BCUT2D eigenvalue weighted by Gasteiger charge is 2.39. The molecule has 1 aromatic rings. The van der Waals surface area contributed by atoms with Crippen molar-refractivity contribution >= 4 is 34.9 Å². The molecule has 0 aliphatic carbocycles. The number of piperidine rings is 1. The number of hydrogen-bond acceptors (Lipinski definition) is 5. The van der Waals surface area contributed by atoms with Gasteiger partial charge >= 0.3 is 6.09 Å². The number of rotatable bonds is 6. The first kappa shape index (κ1) is 19.3. The van der Waals surface area contributed by atoms with Crippen molar-refractivity contribution in [2.24, 2.45) is 0 Å². The van der Waals surface area contributed by atoms with Crippen molar-refractivity contribution in [1.82, 2.24) is 9.80 Å². The minimum Gasteiger partial charge on any atom is -0.493 e. The van der Waals surface area contributed by atoms with Crippen molar-refractivity contribution in [3.05, 3.63) is 15.3 Å². The fourth-order valence-corrected chi connectivity index (χ4v) is 4.80. The van der Waals surface area contributed by atoms with Gasteiger partial charge in [0, 0.05) is 24.5 Å². The molecule has 8 heteroatoms. The van der Waals surface area contributed by atoms with Gasteiger partial charge in [0.05, 0.1) is 18.7 Å². The summed E-state index contributed by atoms with van der Waals surface area (Å²) in [6.45, 7) is 3.87. The SMILES string of the molecule is CCCCC1COC(=O)N1C1CCN(C(=O)c2csc(Cl)c2OC)CC1. The Morgan fingerprint density at radius 3 is 2.81 bits per heavy atom. The molecular formula is C18H25ClN2O4S. The summed E-state index contributed by atoms with van der Waals surface area (Å²) in [4.78, 5) is 28.7. The van der Waals surface area contributed by atoms with Gasteiger partial charge in [-0.25, -0.2) is 4.79 Å². The Balaban J connectivity index is 1.61. The molecule has 1 atom stereocenters. The molecule has 2 saturated heterocycles. The van der Waals surface area contributed by atoms with Crippen LogP contribution in [-0.4, -0.2) is 60.7 Å². The number of methoxy groups -OCH3 is 1. The zero-order valence-electron chi connectivity index (χ0n) is 15.2. The van der Waals surface area contributed by atoms with Crippen LogP contribution in [0.4, 0.5) is 4.79 Å². The first-order valence-electron chi connectivity index (χ1n) is 9.12. The molecule has 26 heavy (non-hydrogen) atoms. The molecule has 2 amide bonds. The molecule has 6 nitrogen and oxygen atoms in total. The second-order valence-electron chi connectivity index (χ2n) is 6.76. The monoisotopic (exact) mass is 400 g/mol. The van der Waals surface area contributed by atoms with E-state index in [4.69, 9.17) is 21.1 Å². The van der Waals surface area contributed by atoms with Crippen LogP contribution in [0.15, 0.2) is 5.38 Å². The van der Waals surface area contributed by atoms with E-state index in [1.165, 1.54) is 18.4 Å². The second kappa shape index (κ2) is 8.48. The Bertz CT molecular complexity index is 658. The molecule has 0 bridgehead atoms. The number of hydrogen-bond donors (Lipinski definition) is 0. The van der Waals surface area contributed by atoms with Crippen LogP contribution in [0, 0.1) is 0 Å². The predicted octanol–water partition coefficient (Wildman–Crippen LogP) is 4.03. The van der Waals surface area contributed by atoms with E-state index in [1.807, 2.05) is 9.80 Å². The van der Waals surface area contributed by atoms with Gasteiger partial charge in [0.1, 0.15) is 10.9 Å². The van der Waals surface area contributed by atoms with Crippen LogP contribution in [0.5, 0.6) is 5.75 Å². The first-order valence-corrected chi connectivity index (χ1v) is 10.4. The average Bonchev–Trinajstić information content (AvgIpc) is 3.21. The molecule has 0 N–H and O–H groups in total. The maximum absolute atomic E-state index is 12.8. The number of carbonyl (C=O) groups is 2. The lowest BCUT2D eigenvalue weighted by Crippen LogP contribution is -2.49. The quantitative estimate of drug-likeness (QED) is 0.723. The smallest absolute Gasteiger partial charge is 0.410 e. The number of unbranched alkanes of at least 4 members (excludes halogenated alkanes) is 1. The molecule has 3 heterocycles. The number of cyclic esters (lactones) is 1. The fraction of sp³-hybridized carbons (Fsp3) is 0.667. The van der Waals surface area contributed by atoms with Crippen LogP contribution in [0.25, 0.3) is 0 Å². The third-order valence-electron chi connectivity index (χ3n) is 5.18. The summed E-state index contributed by atoms with van der Waals surface area (Å²) >= 11 is 7.38. The highest BCUT2D eigenvalue weighted by Crippen LogP contribution is 2.36. The molecule has 2 fully saturated rings. The number of nitrogens with zero attached hydrogens (tertiary/aromatic N) is 2. The maximum atomic E-state index is 12.8. The van der Waals surface area contributed by atoms with Crippen LogP contribution < -0.4 is 4.74 Å².